The van der Waals surface area contributed by atoms with Gasteiger partial charge in [0.05, 0.1) is 0 Å². The quantitative estimate of drug-likeness (QED) is 0.856. The number of hydrogen-bond acceptors (Lipinski definition) is 4. The predicted octanol–water partition coefficient (Wildman–Crippen LogP) is 2.65. The molecule has 0 amide bonds. The Labute approximate surface area is 129 Å². The van der Waals surface area contributed by atoms with Gasteiger partial charge in [-0.2, -0.15) is 0 Å². The Balaban J connectivity index is 2.19. The van der Waals surface area contributed by atoms with Crippen molar-refractivity contribution in [3.8, 4) is 0 Å². The molecule has 0 spiro atoms. The van der Waals surface area contributed by atoms with E-state index in [9.17, 15) is 8.42 Å². The van der Waals surface area contributed by atoms with Gasteiger partial charge in [0.15, 0.2) is 0 Å². The third-order valence-corrected chi connectivity index (χ3v) is 4.43. The highest BCUT2D eigenvalue weighted by atomic mass is 35.5. The first-order chi connectivity index (χ1) is 10.0. The number of sulfonamides is 1. The van der Waals surface area contributed by atoms with E-state index in [1.54, 1.807) is 30.5 Å². The zero-order chi connectivity index (χ0) is 15.3. The van der Waals surface area contributed by atoms with Gasteiger partial charge >= 0.3 is 0 Å². The molecule has 0 fully saturated rings. The number of anilines is 1. The SMILES string of the molecule is CCNc1ncccc1S(=O)(=O)NCc1cccc(Cl)c1. The third-order valence-electron chi connectivity index (χ3n) is 2.76. The summed E-state index contributed by atoms with van der Waals surface area (Å²) < 4.78 is 27.3. The van der Waals surface area contributed by atoms with Gasteiger partial charge in [-0.1, -0.05) is 23.7 Å². The fourth-order valence-corrected chi connectivity index (χ4v) is 3.17. The van der Waals surface area contributed by atoms with Gasteiger partial charge in [-0.15, -0.1) is 0 Å². The Bertz CT molecular complexity index is 720. The maximum absolute atomic E-state index is 12.4. The normalized spacial score (nSPS) is 11.3. The number of halogens is 1. The molecule has 21 heavy (non-hydrogen) atoms. The van der Waals surface area contributed by atoms with Gasteiger partial charge < -0.3 is 5.32 Å². The van der Waals surface area contributed by atoms with Crippen LogP contribution in [0, 0.1) is 0 Å². The summed E-state index contributed by atoms with van der Waals surface area (Å²) in [6, 6.07) is 10.2. The monoisotopic (exact) mass is 325 g/mol. The van der Waals surface area contributed by atoms with Gasteiger partial charge in [-0.05, 0) is 36.8 Å². The van der Waals surface area contributed by atoms with Crippen LogP contribution in [0.3, 0.4) is 0 Å². The van der Waals surface area contributed by atoms with Gasteiger partial charge in [0.1, 0.15) is 10.7 Å². The van der Waals surface area contributed by atoms with E-state index in [1.807, 2.05) is 13.0 Å². The molecule has 0 aliphatic rings. The molecule has 1 aromatic heterocycles. The average molecular weight is 326 g/mol. The fraction of sp³-hybridized carbons (Fsp3) is 0.214. The molecule has 0 atom stereocenters. The number of hydrogen-bond donors (Lipinski definition) is 2. The van der Waals surface area contributed by atoms with E-state index < -0.39 is 10.0 Å². The van der Waals surface area contributed by atoms with Crippen LogP contribution in [0.4, 0.5) is 5.82 Å². The molecule has 0 bridgehead atoms. The molecule has 0 radical (unpaired) electrons. The van der Waals surface area contributed by atoms with E-state index >= 15 is 0 Å². The van der Waals surface area contributed by atoms with Crippen LogP contribution in [0.15, 0.2) is 47.5 Å². The minimum atomic E-state index is -3.64. The molecule has 5 nitrogen and oxygen atoms in total. The molecule has 0 saturated heterocycles. The molecule has 1 heterocycles. The smallest absolute Gasteiger partial charge is 0.244 e. The molecule has 1 aromatic carbocycles. The van der Waals surface area contributed by atoms with Crippen molar-refractivity contribution in [1.29, 1.82) is 0 Å². The van der Waals surface area contributed by atoms with Crippen LogP contribution >= 0.6 is 11.6 Å². The van der Waals surface area contributed by atoms with E-state index in [4.69, 9.17) is 11.6 Å². The van der Waals surface area contributed by atoms with E-state index in [0.29, 0.717) is 17.4 Å². The lowest BCUT2D eigenvalue weighted by atomic mass is 10.2. The van der Waals surface area contributed by atoms with E-state index in [-0.39, 0.29) is 11.4 Å². The summed E-state index contributed by atoms with van der Waals surface area (Å²) in [7, 11) is -3.64. The van der Waals surface area contributed by atoms with Crippen molar-refractivity contribution in [1.82, 2.24) is 9.71 Å². The molecule has 2 rings (SSSR count). The molecule has 7 heteroatoms. The van der Waals surface area contributed by atoms with Crippen molar-refractivity contribution in [2.75, 3.05) is 11.9 Å². The molecule has 0 aliphatic heterocycles. The summed E-state index contributed by atoms with van der Waals surface area (Å²) >= 11 is 5.88. The molecule has 2 aromatic rings. The summed E-state index contributed by atoms with van der Waals surface area (Å²) in [5.74, 6) is 0.346. The summed E-state index contributed by atoms with van der Waals surface area (Å²) in [6.45, 7) is 2.64. The predicted molar refractivity (Wildman–Crippen MR) is 83.9 cm³/mol. The number of pyridine rings is 1. The third kappa shape index (κ3) is 4.17. The van der Waals surface area contributed by atoms with Crippen LogP contribution in [0.1, 0.15) is 12.5 Å². The Hall–Kier alpha value is -1.63. The van der Waals surface area contributed by atoms with E-state index in [0.717, 1.165) is 5.56 Å². The lowest BCUT2D eigenvalue weighted by Crippen LogP contribution is -2.24. The number of aromatic nitrogens is 1. The molecule has 2 N–H and O–H groups in total. The van der Waals surface area contributed by atoms with Crippen molar-refractivity contribution >= 4 is 27.4 Å². The zero-order valence-electron chi connectivity index (χ0n) is 11.5. The van der Waals surface area contributed by atoms with Crippen molar-refractivity contribution < 1.29 is 8.42 Å². The average Bonchev–Trinajstić information content (AvgIpc) is 2.46. The minimum Gasteiger partial charge on any atom is -0.369 e. The largest absolute Gasteiger partial charge is 0.369 e. The lowest BCUT2D eigenvalue weighted by Gasteiger charge is -2.11. The second-order valence-electron chi connectivity index (χ2n) is 4.33. The lowest BCUT2D eigenvalue weighted by molar-refractivity contribution is 0.581. The summed E-state index contributed by atoms with van der Waals surface area (Å²) in [5, 5.41) is 3.51. The van der Waals surface area contributed by atoms with Crippen LogP contribution in [-0.4, -0.2) is 19.9 Å². The topological polar surface area (TPSA) is 71.1 Å². The first-order valence-electron chi connectivity index (χ1n) is 6.46. The fourth-order valence-electron chi connectivity index (χ4n) is 1.81. The summed E-state index contributed by atoms with van der Waals surface area (Å²) in [6.07, 6.45) is 1.55. The number of nitrogens with zero attached hydrogens (tertiary/aromatic N) is 1. The van der Waals surface area contributed by atoms with Crippen LogP contribution in [0.5, 0.6) is 0 Å². The molecule has 0 aliphatic carbocycles. The van der Waals surface area contributed by atoms with Crippen molar-refractivity contribution in [2.24, 2.45) is 0 Å². The number of nitrogens with one attached hydrogen (secondary N) is 2. The van der Waals surface area contributed by atoms with Crippen molar-refractivity contribution in [3.63, 3.8) is 0 Å². The first kappa shape index (κ1) is 15.8. The highest BCUT2D eigenvalue weighted by Gasteiger charge is 2.18. The second kappa shape index (κ2) is 6.89. The number of rotatable bonds is 6. The standard InChI is InChI=1S/C14H16ClN3O2S/c1-2-16-14-13(7-4-8-17-14)21(19,20)18-10-11-5-3-6-12(15)9-11/h3-9,18H,2,10H2,1H3,(H,16,17). The Morgan fingerprint density at radius 3 is 2.76 bits per heavy atom. The van der Waals surface area contributed by atoms with Crippen molar-refractivity contribution in [3.05, 3.63) is 53.2 Å². The van der Waals surface area contributed by atoms with Gasteiger partial charge in [0, 0.05) is 24.3 Å². The first-order valence-corrected chi connectivity index (χ1v) is 8.32. The highest BCUT2D eigenvalue weighted by Crippen LogP contribution is 2.18. The molecule has 0 unspecified atom stereocenters. The Morgan fingerprint density at radius 1 is 1.24 bits per heavy atom. The van der Waals surface area contributed by atoms with E-state index in [2.05, 4.69) is 15.0 Å². The second-order valence-corrected chi connectivity index (χ2v) is 6.51. The Kier molecular flexibility index (Phi) is 5.17. The van der Waals surface area contributed by atoms with Gasteiger partial charge in [-0.3, -0.25) is 0 Å². The Morgan fingerprint density at radius 2 is 2.05 bits per heavy atom. The highest BCUT2D eigenvalue weighted by molar-refractivity contribution is 7.89. The van der Waals surface area contributed by atoms with Gasteiger partial charge in [0.25, 0.3) is 0 Å². The van der Waals surface area contributed by atoms with Gasteiger partial charge in [-0.25, -0.2) is 18.1 Å². The maximum atomic E-state index is 12.4. The minimum absolute atomic E-state index is 0.133. The van der Waals surface area contributed by atoms with Gasteiger partial charge in [0.2, 0.25) is 10.0 Å². The zero-order valence-corrected chi connectivity index (χ0v) is 13.1. The van der Waals surface area contributed by atoms with Crippen LogP contribution in [0.25, 0.3) is 0 Å². The summed E-state index contributed by atoms with van der Waals surface area (Å²) in [4.78, 5) is 4.19. The molecular weight excluding hydrogens is 310 g/mol. The van der Waals surface area contributed by atoms with Crippen LogP contribution < -0.4 is 10.0 Å². The van der Waals surface area contributed by atoms with E-state index in [1.165, 1.54) is 6.07 Å². The van der Waals surface area contributed by atoms with Crippen molar-refractivity contribution in [2.45, 2.75) is 18.4 Å². The summed E-state index contributed by atoms with van der Waals surface area (Å²) in [5.41, 5.74) is 0.792. The maximum Gasteiger partial charge on any atom is 0.244 e. The number of benzene rings is 1. The van der Waals surface area contributed by atoms with Crippen LogP contribution in [0.2, 0.25) is 5.02 Å². The molecule has 0 saturated carbocycles. The van der Waals surface area contributed by atoms with Crippen LogP contribution in [-0.2, 0) is 16.6 Å². The molecular formula is C14H16ClN3O2S. The molecule has 112 valence electrons.